The van der Waals surface area contributed by atoms with Crippen LogP contribution in [0.5, 0.6) is 0 Å². The number of nitrogens with zero attached hydrogens (tertiary/aromatic N) is 2. The fourth-order valence-corrected chi connectivity index (χ4v) is 5.89. The second-order valence-electron chi connectivity index (χ2n) is 7.15. The van der Waals surface area contributed by atoms with Crippen LogP contribution < -0.4 is 11.2 Å². The molecule has 1 aromatic carbocycles. The van der Waals surface area contributed by atoms with Gasteiger partial charge in [-0.25, -0.2) is 13.2 Å². The quantitative estimate of drug-likeness (QED) is 0.638. The van der Waals surface area contributed by atoms with Crippen LogP contribution in [0.2, 0.25) is 0 Å². The van der Waals surface area contributed by atoms with E-state index in [2.05, 4.69) is 14.9 Å². The van der Waals surface area contributed by atoms with Crippen LogP contribution in [0.3, 0.4) is 0 Å². The lowest BCUT2D eigenvalue weighted by molar-refractivity contribution is 0.0924. The first kappa shape index (κ1) is 18.4. The third kappa shape index (κ3) is 3.22. The number of hydrogen-bond donors (Lipinski definition) is 3. The van der Waals surface area contributed by atoms with E-state index < -0.39 is 21.3 Å². The van der Waals surface area contributed by atoms with Crippen molar-refractivity contribution in [3.05, 3.63) is 39.0 Å². The van der Waals surface area contributed by atoms with E-state index in [1.807, 2.05) is 0 Å². The number of piperazine rings is 1. The minimum atomic E-state index is -3.84. The molecule has 2 aliphatic heterocycles. The number of sulfonamides is 1. The second kappa shape index (κ2) is 6.86. The Bertz CT molecular complexity index is 1080. The van der Waals surface area contributed by atoms with Gasteiger partial charge in [-0.1, -0.05) is 0 Å². The molecule has 146 valence electrons. The zero-order valence-electron chi connectivity index (χ0n) is 14.7. The van der Waals surface area contributed by atoms with E-state index in [0.29, 0.717) is 19.5 Å². The average Bonchev–Trinajstić information content (AvgIpc) is 3.08. The Kier molecular flexibility index (Phi) is 4.66. The number of aromatic amines is 2. The minimum absolute atomic E-state index is 0.0157. The topological polar surface area (TPSA) is 127 Å². The van der Waals surface area contributed by atoms with Crippen LogP contribution in [0.25, 0.3) is 10.9 Å². The number of aliphatic hydroxyl groups is 1. The van der Waals surface area contributed by atoms with Gasteiger partial charge in [0.05, 0.1) is 15.8 Å². The van der Waals surface area contributed by atoms with Crippen molar-refractivity contribution in [1.82, 2.24) is 19.2 Å². The van der Waals surface area contributed by atoms with Crippen LogP contribution in [-0.4, -0.2) is 71.0 Å². The third-order valence-electron chi connectivity index (χ3n) is 5.52. The van der Waals surface area contributed by atoms with Gasteiger partial charge in [0.15, 0.2) is 0 Å². The van der Waals surface area contributed by atoms with Gasteiger partial charge in [-0.3, -0.25) is 14.7 Å². The molecule has 0 spiro atoms. The summed E-state index contributed by atoms with van der Waals surface area (Å²) in [6, 6.07) is 4.03. The van der Waals surface area contributed by atoms with E-state index in [9.17, 15) is 23.1 Å². The van der Waals surface area contributed by atoms with Crippen molar-refractivity contribution < 1.29 is 13.5 Å². The van der Waals surface area contributed by atoms with Crippen molar-refractivity contribution in [3.8, 4) is 0 Å². The molecule has 3 heterocycles. The molecule has 10 heteroatoms. The fraction of sp³-hybridized carbons (Fsp3) is 0.529. The predicted octanol–water partition coefficient (Wildman–Crippen LogP) is -0.564. The summed E-state index contributed by atoms with van der Waals surface area (Å²) in [5.41, 5.74) is -0.975. The Labute approximate surface area is 155 Å². The number of benzene rings is 1. The van der Waals surface area contributed by atoms with E-state index in [4.69, 9.17) is 0 Å². The molecule has 2 fully saturated rings. The normalized spacial score (nSPS) is 24.3. The van der Waals surface area contributed by atoms with Crippen molar-refractivity contribution in [3.63, 3.8) is 0 Å². The summed E-state index contributed by atoms with van der Waals surface area (Å²) in [6.45, 7) is 1.85. The molecule has 0 bridgehead atoms. The van der Waals surface area contributed by atoms with Gasteiger partial charge in [0, 0.05) is 31.8 Å². The minimum Gasteiger partial charge on any atom is -0.396 e. The molecule has 2 saturated heterocycles. The van der Waals surface area contributed by atoms with Gasteiger partial charge in [0.25, 0.3) is 5.56 Å². The number of H-pyrrole nitrogens is 2. The van der Waals surface area contributed by atoms with Crippen molar-refractivity contribution in [2.45, 2.75) is 36.2 Å². The van der Waals surface area contributed by atoms with Crippen LogP contribution in [0, 0.1) is 0 Å². The Morgan fingerprint density at radius 2 is 2.00 bits per heavy atom. The summed E-state index contributed by atoms with van der Waals surface area (Å²) in [7, 11) is -3.84. The van der Waals surface area contributed by atoms with Gasteiger partial charge in [0.1, 0.15) is 0 Å². The lowest BCUT2D eigenvalue weighted by atomic mass is 10.1. The summed E-state index contributed by atoms with van der Waals surface area (Å²) in [5, 5.41) is 9.52. The van der Waals surface area contributed by atoms with Gasteiger partial charge in [-0.15, -0.1) is 0 Å². The van der Waals surface area contributed by atoms with E-state index in [1.54, 1.807) is 0 Å². The highest BCUT2D eigenvalue weighted by molar-refractivity contribution is 7.89. The van der Waals surface area contributed by atoms with Crippen LogP contribution in [-0.2, 0) is 10.0 Å². The molecule has 2 atom stereocenters. The molecule has 2 aliphatic rings. The predicted molar refractivity (Wildman–Crippen MR) is 99.2 cm³/mol. The Morgan fingerprint density at radius 1 is 1.19 bits per heavy atom. The van der Waals surface area contributed by atoms with E-state index in [1.165, 1.54) is 22.5 Å². The first-order valence-electron chi connectivity index (χ1n) is 9.03. The van der Waals surface area contributed by atoms with Crippen molar-refractivity contribution in [2.75, 3.05) is 26.2 Å². The molecule has 0 saturated carbocycles. The van der Waals surface area contributed by atoms with Crippen LogP contribution in [0.15, 0.2) is 32.7 Å². The first-order valence-corrected chi connectivity index (χ1v) is 10.5. The maximum atomic E-state index is 13.3. The molecule has 1 aromatic heterocycles. The molecular weight excluding hydrogens is 372 g/mol. The summed E-state index contributed by atoms with van der Waals surface area (Å²) in [4.78, 5) is 30.4. The summed E-state index contributed by atoms with van der Waals surface area (Å²) < 4.78 is 28.1. The van der Waals surface area contributed by atoms with Gasteiger partial charge in [0.2, 0.25) is 10.0 Å². The maximum absolute atomic E-state index is 13.3. The lowest BCUT2D eigenvalue weighted by Gasteiger charge is -2.42. The molecule has 2 aromatic rings. The summed E-state index contributed by atoms with van der Waals surface area (Å²) in [6.07, 6.45) is 2.36. The zero-order valence-corrected chi connectivity index (χ0v) is 15.5. The highest BCUT2D eigenvalue weighted by atomic mass is 32.2. The van der Waals surface area contributed by atoms with Crippen LogP contribution >= 0.6 is 0 Å². The van der Waals surface area contributed by atoms with Crippen molar-refractivity contribution in [1.29, 1.82) is 0 Å². The fourth-order valence-electron chi connectivity index (χ4n) is 4.18. The Balaban J connectivity index is 1.76. The van der Waals surface area contributed by atoms with Gasteiger partial charge in [-0.05, 0) is 44.0 Å². The SMILES string of the molecule is O=c1[nH]c(=O)c2cc(S(=O)(=O)N3C[C@H]4CCCN4C[C@@H]3CCO)ccc2[nH]1. The largest absolute Gasteiger partial charge is 0.396 e. The van der Waals surface area contributed by atoms with Crippen molar-refractivity contribution >= 4 is 20.9 Å². The molecule has 3 N–H and O–H groups in total. The van der Waals surface area contributed by atoms with E-state index >= 15 is 0 Å². The molecule has 0 aliphatic carbocycles. The summed E-state index contributed by atoms with van der Waals surface area (Å²) >= 11 is 0. The van der Waals surface area contributed by atoms with Gasteiger partial charge in [-0.2, -0.15) is 4.31 Å². The van der Waals surface area contributed by atoms with E-state index in [0.717, 1.165) is 19.4 Å². The van der Waals surface area contributed by atoms with Crippen LogP contribution in [0.1, 0.15) is 19.3 Å². The monoisotopic (exact) mass is 394 g/mol. The smallest absolute Gasteiger partial charge is 0.326 e. The van der Waals surface area contributed by atoms with Gasteiger partial charge >= 0.3 is 5.69 Å². The lowest BCUT2D eigenvalue weighted by Crippen LogP contribution is -2.57. The van der Waals surface area contributed by atoms with Crippen molar-refractivity contribution in [2.24, 2.45) is 0 Å². The number of nitrogens with one attached hydrogen (secondary N) is 2. The maximum Gasteiger partial charge on any atom is 0.326 e. The molecule has 9 nitrogen and oxygen atoms in total. The molecule has 4 rings (SSSR count). The number of fused-ring (bicyclic) bond motifs is 2. The number of aliphatic hydroxyl groups excluding tert-OH is 1. The highest BCUT2D eigenvalue weighted by Crippen LogP contribution is 2.30. The van der Waals surface area contributed by atoms with Gasteiger partial charge < -0.3 is 10.1 Å². The molecule has 0 unspecified atom stereocenters. The number of rotatable bonds is 4. The number of hydrogen-bond acceptors (Lipinski definition) is 6. The zero-order chi connectivity index (χ0) is 19.2. The highest BCUT2D eigenvalue weighted by Gasteiger charge is 2.41. The average molecular weight is 394 g/mol. The molecule has 27 heavy (non-hydrogen) atoms. The molecule has 0 radical (unpaired) electrons. The third-order valence-corrected chi connectivity index (χ3v) is 7.44. The molecule has 0 amide bonds. The summed E-state index contributed by atoms with van der Waals surface area (Å²) in [5.74, 6) is 0. The second-order valence-corrected chi connectivity index (χ2v) is 9.04. The standard InChI is InChI=1S/C17H22N4O5S/c22-7-5-12-9-20-6-1-2-11(20)10-21(12)27(25,26)13-3-4-15-14(8-13)16(23)19-17(24)18-15/h3-4,8,11-12,22H,1-2,5-7,9-10H2,(H2,18,19,23,24)/t11-,12+/m1/s1. The Hall–Kier alpha value is -2.01. The number of aromatic nitrogens is 2. The first-order chi connectivity index (χ1) is 12.9. The van der Waals surface area contributed by atoms with Crippen LogP contribution in [0.4, 0.5) is 0 Å². The Morgan fingerprint density at radius 3 is 2.78 bits per heavy atom. The van der Waals surface area contributed by atoms with E-state index in [-0.39, 0.29) is 34.5 Å². The molecular formula is C17H22N4O5S.